The predicted molar refractivity (Wildman–Crippen MR) is 155 cm³/mol. The second kappa shape index (κ2) is 13.6. The second-order valence-electron chi connectivity index (χ2n) is 11.7. The van der Waals surface area contributed by atoms with Crippen molar-refractivity contribution in [1.82, 2.24) is 4.90 Å². The molecule has 3 rings (SSSR count). The summed E-state index contributed by atoms with van der Waals surface area (Å²) in [4.78, 5) is 40.7. The van der Waals surface area contributed by atoms with Crippen molar-refractivity contribution in [3.8, 4) is 0 Å². The highest BCUT2D eigenvalue weighted by Crippen LogP contribution is 2.53. The van der Waals surface area contributed by atoms with Gasteiger partial charge in [0, 0.05) is 10.8 Å². The van der Waals surface area contributed by atoms with Gasteiger partial charge >= 0.3 is 13.7 Å². The number of rotatable bonds is 12. The van der Waals surface area contributed by atoms with E-state index in [1.54, 1.807) is 90.1 Å². The molecule has 0 N–H and O–H groups in total. The summed E-state index contributed by atoms with van der Waals surface area (Å²) >= 11 is 0. The Morgan fingerprint density at radius 1 is 1.10 bits per heavy atom. The molecule has 226 valence electrons. The van der Waals surface area contributed by atoms with E-state index in [0.717, 1.165) is 4.90 Å². The molecule has 2 aromatic rings. The van der Waals surface area contributed by atoms with Crippen LogP contribution in [0.1, 0.15) is 70.2 Å². The second-order valence-corrected chi connectivity index (χ2v) is 13.5. The number of carbonyl (C=O) groups is 2. The molecule has 13 heteroatoms. The zero-order valence-electron chi connectivity index (χ0n) is 24.6. The van der Waals surface area contributed by atoms with Gasteiger partial charge in [-0.2, -0.15) is 0 Å². The van der Waals surface area contributed by atoms with E-state index >= 15 is 0 Å². The van der Waals surface area contributed by atoms with Crippen LogP contribution in [-0.4, -0.2) is 40.8 Å². The molecular weight excluding hydrogens is 563 g/mol. The van der Waals surface area contributed by atoms with Crippen molar-refractivity contribution in [2.75, 3.05) is 6.61 Å². The highest BCUT2D eigenvalue weighted by Gasteiger charge is 2.43. The van der Waals surface area contributed by atoms with E-state index in [0.29, 0.717) is 16.7 Å². The molecule has 1 aliphatic rings. The van der Waals surface area contributed by atoms with Crippen LogP contribution in [0.2, 0.25) is 0 Å². The standard InChI is InChI=1S/C29H37N4O8P/c1-8-23(25(31-32-30)26(34)33-24(18-37-27(33)35)22-12-10-9-11-13-22)21-16-14-20(15-17-21)19-42(36,40-38-28(2,3)4)41-39-29(5,6)7/h8-17,23-25H,1,18-19H2,2-7H3/t23-,24-,25+/m1/s1. The highest BCUT2D eigenvalue weighted by atomic mass is 31.2. The molecule has 0 radical (unpaired) electrons. The average Bonchev–Trinajstić information content (AvgIpc) is 3.32. The first-order valence-corrected chi connectivity index (χ1v) is 15.0. The first kappa shape index (κ1) is 33.0. The molecular formula is C29H37N4O8P. The third-order valence-electron chi connectivity index (χ3n) is 5.86. The number of benzene rings is 2. The lowest BCUT2D eigenvalue weighted by Crippen LogP contribution is -2.42. The number of azide groups is 1. The molecule has 2 amide bonds. The normalized spacial score (nSPS) is 17.2. The molecule has 12 nitrogen and oxygen atoms in total. The van der Waals surface area contributed by atoms with Gasteiger partial charge in [0.2, 0.25) is 5.91 Å². The number of nitrogens with zero attached hydrogens (tertiary/aromatic N) is 4. The summed E-state index contributed by atoms with van der Waals surface area (Å²) in [6.07, 6.45) is 0.460. The Morgan fingerprint density at radius 2 is 1.67 bits per heavy atom. The fraction of sp³-hybridized carbons (Fsp3) is 0.448. The molecule has 3 atom stereocenters. The van der Waals surface area contributed by atoms with Crippen LogP contribution in [0.4, 0.5) is 4.79 Å². The van der Waals surface area contributed by atoms with Gasteiger partial charge in [0.05, 0.1) is 17.4 Å². The van der Waals surface area contributed by atoms with Gasteiger partial charge in [-0.15, -0.1) is 15.9 Å². The quantitative estimate of drug-likeness (QED) is 0.0461. The number of hydrogen-bond donors (Lipinski definition) is 0. The number of hydrogen-bond acceptors (Lipinski definition) is 9. The Kier molecular flexibility index (Phi) is 10.7. The zero-order chi connectivity index (χ0) is 31.1. The summed E-state index contributed by atoms with van der Waals surface area (Å²) in [6.45, 7) is 14.2. The third kappa shape index (κ3) is 9.00. The minimum Gasteiger partial charge on any atom is -0.446 e. The fourth-order valence-corrected chi connectivity index (χ4v) is 5.44. The highest BCUT2D eigenvalue weighted by molar-refractivity contribution is 7.52. The predicted octanol–water partition coefficient (Wildman–Crippen LogP) is 7.54. The summed E-state index contributed by atoms with van der Waals surface area (Å²) in [5.41, 5.74) is 9.62. The van der Waals surface area contributed by atoms with Gasteiger partial charge in [0.15, 0.2) is 0 Å². The molecule has 0 bridgehead atoms. The van der Waals surface area contributed by atoms with E-state index in [1.165, 1.54) is 6.08 Å². The van der Waals surface area contributed by atoms with Crippen LogP contribution in [0.25, 0.3) is 10.4 Å². The maximum absolute atomic E-state index is 13.7. The number of carbonyl (C=O) groups excluding carboxylic acids is 2. The van der Waals surface area contributed by atoms with Crippen LogP contribution >= 0.6 is 7.60 Å². The minimum absolute atomic E-state index is 0.0208. The minimum atomic E-state index is -3.93. The Labute approximate surface area is 245 Å². The van der Waals surface area contributed by atoms with Crippen LogP contribution < -0.4 is 0 Å². The largest absolute Gasteiger partial charge is 0.446 e. The number of imide groups is 1. The Bertz CT molecular complexity index is 1330. The third-order valence-corrected chi connectivity index (χ3v) is 7.22. The first-order chi connectivity index (χ1) is 19.7. The van der Waals surface area contributed by atoms with Crippen LogP contribution in [0.15, 0.2) is 72.4 Å². The van der Waals surface area contributed by atoms with Crippen molar-refractivity contribution >= 4 is 19.6 Å². The molecule has 1 saturated heterocycles. The summed E-state index contributed by atoms with van der Waals surface area (Å²) in [7, 11) is -3.93. The van der Waals surface area contributed by atoms with Crippen molar-refractivity contribution in [2.24, 2.45) is 5.11 Å². The zero-order valence-corrected chi connectivity index (χ0v) is 25.5. The van der Waals surface area contributed by atoms with Gasteiger partial charge in [-0.3, -0.25) is 9.36 Å². The SMILES string of the molecule is C=C[C@H](c1ccc(CP(=O)(OOC(C)(C)C)OOC(C)(C)C)cc1)[C@H](N=[N+]=[N-])C(=O)N1C(=O)OC[C@@H]1c1ccccc1. The number of amides is 2. The first-order valence-electron chi connectivity index (χ1n) is 13.3. The van der Waals surface area contributed by atoms with Gasteiger partial charge in [-0.1, -0.05) is 65.8 Å². The van der Waals surface area contributed by atoms with E-state index in [9.17, 15) is 19.7 Å². The maximum atomic E-state index is 13.7. The monoisotopic (exact) mass is 600 g/mol. The summed E-state index contributed by atoms with van der Waals surface area (Å²) in [6, 6.07) is 13.6. The van der Waals surface area contributed by atoms with Gasteiger partial charge < -0.3 is 4.74 Å². The average molecular weight is 601 g/mol. The van der Waals surface area contributed by atoms with Crippen molar-refractivity contribution < 1.29 is 38.0 Å². The summed E-state index contributed by atoms with van der Waals surface area (Å²) < 4.78 is 29.2. The Balaban J connectivity index is 1.85. The molecule has 2 aromatic carbocycles. The van der Waals surface area contributed by atoms with E-state index in [2.05, 4.69) is 16.6 Å². The topological polar surface area (TPSA) is 149 Å². The molecule has 42 heavy (non-hydrogen) atoms. The fourth-order valence-electron chi connectivity index (χ4n) is 3.98. The van der Waals surface area contributed by atoms with Crippen LogP contribution in [0.5, 0.6) is 0 Å². The van der Waals surface area contributed by atoms with E-state index in [-0.39, 0.29) is 12.8 Å². The van der Waals surface area contributed by atoms with E-state index < -0.39 is 48.8 Å². The lowest BCUT2D eigenvalue weighted by Gasteiger charge is -2.27. The molecule has 0 aliphatic carbocycles. The van der Waals surface area contributed by atoms with Crippen molar-refractivity contribution in [3.63, 3.8) is 0 Å². The molecule has 0 unspecified atom stereocenters. The molecule has 1 heterocycles. The summed E-state index contributed by atoms with van der Waals surface area (Å²) in [5, 5.41) is 3.75. The van der Waals surface area contributed by atoms with Crippen LogP contribution in [0, 0.1) is 0 Å². The van der Waals surface area contributed by atoms with Gasteiger partial charge in [-0.05, 0) is 63.8 Å². The van der Waals surface area contributed by atoms with Gasteiger partial charge in [0.1, 0.15) is 18.7 Å². The van der Waals surface area contributed by atoms with Gasteiger partial charge in [0.25, 0.3) is 0 Å². The van der Waals surface area contributed by atoms with E-state index in [4.69, 9.17) is 23.9 Å². The van der Waals surface area contributed by atoms with Crippen LogP contribution in [0.3, 0.4) is 0 Å². The molecule has 1 aliphatic heterocycles. The lowest BCUT2D eigenvalue weighted by atomic mass is 9.90. The lowest BCUT2D eigenvalue weighted by molar-refractivity contribution is -0.326. The number of ether oxygens (including phenoxy) is 1. The Morgan fingerprint density at radius 3 is 2.17 bits per heavy atom. The van der Waals surface area contributed by atoms with Crippen molar-refractivity contribution in [2.45, 2.75) is 76.9 Å². The smallest absolute Gasteiger partial charge is 0.417 e. The van der Waals surface area contributed by atoms with Crippen molar-refractivity contribution in [3.05, 3.63) is 94.4 Å². The molecule has 0 spiro atoms. The van der Waals surface area contributed by atoms with Gasteiger partial charge in [-0.25, -0.2) is 19.5 Å². The molecule has 0 aromatic heterocycles. The molecule has 1 fully saturated rings. The van der Waals surface area contributed by atoms with Crippen molar-refractivity contribution in [1.29, 1.82) is 0 Å². The van der Waals surface area contributed by atoms with E-state index in [1.807, 2.05) is 6.07 Å². The number of cyclic esters (lactones) is 1. The maximum Gasteiger partial charge on any atom is 0.417 e. The summed E-state index contributed by atoms with van der Waals surface area (Å²) in [5.74, 6) is -1.51. The van der Waals surface area contributed by atoms with Crippen LogP contribution in [-0.2, 0) is 39.4 Å². The molecule has 0 saturated carbocycles. The Hall–Kier alpha value is -3.50.